The molecule has 25 heavy (non-hydrogen) atoms. The third-order valence-electron chi connectivity index (χ3n) is 4.28. The van der Waals surface area contributed by atoms with Crippen LogP contribution in [-0.4, -0.2) is 29.0 Å². The van der Waals surface area contributed by atoms with Gasteiger partial charge in [-0.05, 0) is 49.9 Å². The van der Waals surface area contributed by atoms with Crippen LogP contribution in [-0.2, 0) is 17.8 Å². The lowest BCUT2D eigenvalue weighted by molar-refractivity contribution is -0.120. The van der Waals surface area contributed by atoms with E-state index in [4.69, 9.17) is 0 Å². The van der Waals surface area contributed by atoms with Crippen LogP contribution in [0.5, 0.6) is 0 Å². The van der Waals surface area contributed by atoms with E-state index in [2.05, 4.69) is 20.2 Å². The van der Waals surface area contributed by atoms with Crippen molar-refractivity contribution in [2.45, 2.75) is 39.2 Å². The molecule has 1 fully saturated rings. The molecule has 1 aromatic carbocycles. The maximum atomic E-state index is 12.9. The predicted octanol–water partition coefficient (Wildman–Crippen LogP) is 2.77. The summed E-state index contributed by atoms with van der Waals surface area (Å²) < 4.78 is 12.9. The van der Waals surface area contributed by atoms with Crippen molar-refractivity contribution in [2.24, 2.45) is 0 Å². The molecule has 1 N–H and O–H groups in total. The maximum Gasteiger partial charge on any atom is 0.225 e. The van der Waals surface area contributed by atoms with Crippen molar-refractivity contribution >= 4 is 11.9 Å². The van der Waals surface area contributed by atoms with Crippen molar-refractivity contribution in [1.82, 2.24) is 15.3 Å². The number of carbonyl (C=O) groups is 1. The van der Waals surface area contributed by atoms with Crippen molar-refractivity contribution in [3.05, 3.63) is 53.1 Å². The van der Waals surface area contributed by atoms with Gasteiger partial charge in [0.15, 0.2) is 0 Å². The molecule has 2 heterocycles. The summed E-state index contributed by atoms with van der Waals surface area (Å²) in [6.07, 6.45) is 3.82. The largest absolute Gasteiger partial charge is 0.350 e. The molecule has 3 rings (SSSR count). The number of aromatic nitrogens is 2. The number of hydrogen-bond donors (Lipinski definition) is 1. The van der Waals surface area contributed by atoms with Gasteiger partial charge in [0.25, 0.3) is 0 Å². The number of hydrogen-bond acceptors (Lipinski definition) is 4. The molecule has 1 aromatic heterocycles. The highest BCUT2D eigenvalue weighted by molar-refractivity contribution is 5.78. The standard InChI is InChI=1S/C19H23FN4O/c1-14-11-17(23-19(22-14)24-9-3-2-4-10-24)13-21-18(25)12-15-5-7-16(20)8-6-15/h5-8,11H,2-4,9-10,12-13H2,1H3,(H,21,25). The van der Waals surface area contributed by atoms with Crippen LogP contribution in [0.25, 0.3) is 0 Å². The molecule has 132 valence electrons. The van der Waals surface area contributed by atoms with Crippen LogP contribution in [0.4, 0.5) is 10.3 Å². The Kier molecular flexibility index (Phi) is 5.58. The number of nitrogens with zero attached hydrogens (tertiary/aromatic N) is 3. The van der Waals surface area contributed by atoms with Gasteiger partial charge in [0.05, 0.1) is 18.7 Å². The molecule has 2 aromatic rings. The first kappa shape index (κ1) is 17.3. The van der Waals surface area contributed by atoms with E-state index in [0.717, 1.165) is 36.0 Å². The predicted molar refractivity (Wildman–Crippen MR) is 94.8 cm³/mol. The zero-order valence-corrected chi connectivity index (χ0v) is 14.5. The molecule has 0 radical (unpaired) electrons. The molecule has 0 atom stereocenters. The zero-order valence-electron chi connectivity index (χ0n) is 14.5. The molecule has 1 aliphatic heterocycles. The van der Waals surface area contributed by atoms with Gasteiger partial charge in [-0.1, -0.05) is 12.1 Å². The van der Waals surface area contributed by atoms with Crippen molar-refractivity contribution in [3.63, 3.8) is 0 Å². The summed E-state index contributed by atoms with van der Waals surface area (Å²) in [4.78, 5) is 23.4. The Morgan fingerprint density at radius 1 is 1.16 bits per heavy atom. The summed E-state index contributed by atoms with van der Waals surface area (Å²) in [7, 11) is 0. The fourth-order valence-electron chi connectivity index (χ4n) is 2.98. The second-order valence-electron chi connectivity index (χ2n) is 6.43. The first-order valence-corrected chi connectivity index (χ1v) is 8.71. The van der Waals surface area contributed by atoms with Crippen LogP contribution in [0.15, 0.2) is 30.3 Å². The SMILES string of the molecule is Cc1cc(CNC(=O)Cc2ccc(F)cc2)nc(N2CCCCC2)n1. The molecule has 0 saturated carbocycles. The van der Waals surface area contributed by atoms with Gasteiger partial charge >= 0.3 is 0 Å². The van der Waals surface area contributed by atoms with Crippen molar-refractivity contribution < 1.29 is 9.18 Å². The summed E-state index contributed by atoms with van der Waals surface area (Å²) >= 11 is 0. The fourth-order valence-corrected chi connectivity index (χ4v) is 2.98. The molecule has 0 unspecified atom stereocenters. The lowest BCUT2D eigenvalue weighted by atomic mass is 10.1. The van der Waals surface area contributed by atoms with Crippen LogP contribution in [0.2, 0.25) is 0 Å². The van der Waals surface area contributed by atoms with Gasteiger partial charge in [0.1, 0.15) is 5.82 Å². The Morgan fingerprint density at radius 3 is 2.60 bits per heavy atom. The Balaban J connectivity index is 1.59. The van der Waals surface area contributed by atoms with E-state index in [1.165, 1.54) is 31.4 Å². The number of nitrogens with one attached hydrogen (secondary N) is 1. The van der Waals surface area contributed by atoms with E-state index < -0.39 is 0 Å². The van der Waals surface area contributed by atoms with Crippen molar-refractivity contribution in [2.75, 3.05) is 18.0 Å². The minimum Gasteiger partial charge on any atom is -0.350 e. The average Bonchev–Trinajstić information content (AvgIpc) is 2.62. The number of aryl methyl sites for hydroxylation is 1. The van der Waals surface area contributed by atoms with Crippen molar-refractivity contribution in [1.29, 1.82) is 0 Å². The number of halogens is 1. The molecule has 0 spiro atoms. The molecular weight excluding hydrogens is 319 g/mol. The van der Waals surface area contributed by atoms with Gasteiger partial charge in [-0.15, -0.1) is 0 Å². The Hall–Kier alpha value is -2.50. The highest BCUT2D eigenvalue weighted by Gasteiger charge is 2.15. The lowest BCUT2D eigenvalue weighted by Gasteiger charge is -2.27. The molecule has 5 nitrogen and oxygen atoms in total. The zero-order chi connectivity index (χ0) is 17.6. The van der Waals surface area contributed by atoms with Crippen LogP contribution >= 0.6 is 0 Å². The summed E-state index contributed by atoms with van der Waals surface area (Å²) in [6, 6.07) is 7.87. The third kappa shape index (κ3) is 4.98. The van der Waals surface area contributed by atoms with Gasteiger partial charge in [0.2, 0.25) is 11.9 Å². The second kappa shape index (κ2) is 8.05. The third-order valence-corrected chi connectivity index (χ3v) is 4.28. The average molecular weight is 342 g/mol. The molecular formula is C19H23FN4O. The Bertz CT molecular complexity index is 727. The van der Waals surface area contributed by atoms with Crippen LogP contribution in [0.3, 0.4) is 0 Å². The molecule has 1 saturated heterocycles. The van der Waals surface area contributed by atoms with Crippen LogP contribution in [0, 0.1) is 12.7 Å². The molecule has 6 heteroatoms. The fraction of sp³-hybridized carbons (Fsp3) is 0.421. The molecule has 1 amide bonds. The first-order valence-electron chi connectivity index (χ1n) is 8.71. The van der Waals surface area contributed by atoms with Crippen LogP contribution < -0.4 is 10.2 Å². The van der Waals surface area contributed by atoms with E-state index >= 15 is 0 Å². The summed E-state index contributed by atoms with van der Waals surface area (Å²) in [5.41, 5.74) is 2.49. The first-order chi connectivity index (χ1) is 12.1. The van der Waals surface area contributed by atoms with Crippen LogP contribution in [0.1, 0.15) is 36.2 Å². The van der Waals surface area contributed by atoms with Gasteiger partial charge in [-0.25, -0.2) is 14.4 Å². The molecule has 0 aliphatic carbocycles. The minimum atomic E-state index is -0.300. The quantitative estimate of drug-likeness (QED) is 0.908. The number of amides is 1. The highest BCUT2D eigenvalue weighted by atomic mass is 19.1. The van der Waals surface area contributed by atoms with E-state index in [0.29, 0.717) is 6.54 Å². The van der Waals surface area contributed by atoms with Crippen molar-refractivity contribution in [3.8, 4) is 0 Å². The van der Waals surface area contributed by atoms with Gasteiger partial charge < -0.3 is 10.2 Å². The van der Waals surface area contributed by atoms with Gasteiger partial charge in [0, 0.05) is 18.8 Å². The van der Waals surface area contributed by atoms with E-state index in [-0.39, 0.29) is 18.1 Å². The van der Waals surface area contributed by atoms with E-state index in [1.807, 2.05) is 13.0 Å². The smallest absolute Gasteiger partial charge is 0.225 e. The number of anilines is 1. The molecule has 1 aliphatic rings. The Morgan fingerprint density at radius 2 is 1.88 bits per heavy atom. The summed E-state index contributed by atoms with van der Waals surface area (Å²) in [5, 5.41) is 2.88. The highest BCUT2D eigenvalue weighted by Crippen LogP contribution is 2.16. The second-order valence-corrected chi connectivity index (χ2v) is 6.43. The topological polar surface area (TPSA) is 58.1 Å². The number of piperidine rings is 1. The number of rotatable bonds is 5. The Labute approximate surface area is 147 Å². The normalized spacial score (nSPS) is 14.4. The summed E-state index contributed by atoms with van der Waals surface area (Å²) in [5.74, 6) is 0.343. The molecule has 0 bridgehead atoms. The lowest BCUT2D eigenvalue weighted by Crippen LogP contribution is -2.32. The van der Waals surface area contributed by atoms with Gasteiger partial charge in [-0.3, -0.25) is 4.79 Å². The number of carbonyl (C=O) groups excluding carboxylic acids is 1. The van der Waals surface area contributed by atoms with E-state index in [9.17, 15) is 9.18 Å². The van der Waals surface area contributed by atoms with E-state index in [1.54, 1.807) is 12.1 Å². The minimum absolute atomic E-state index is 0.109. The van der Waals surface area contributed by atoms with Gasteiger partial charge in [-0.2, -0.15) is 0 Å². The summed E-state index contributed by atoms with van der Waals surface area (Å²) in [6.45, 7) is 4.28. The maximum absolute atomic E-state index is 12.9. The number of benzene rings is 1. The monoisotopic (exact) mass is 342 g/mol.